The molecule has 0 heterocycles. The van der Waals surface area contributed by atoms with Gasteiger partial charge in [0.15, 0.2) is 5.78 Å². The van der Waals surface area contributed by atoms with Gasteiger partial charge in [-0.2, -0.15) is 13.2 Å². The summed E-state index contributed by atoms with van der Waals surface area (Å²) >= 11 is 0. The minimum Gasteiger partial charge on any atom is -0.465 e. The van der Waals surface area contributed by atoms with Crippen LogP contribution in [-0.4, -0.2) is 32.1 Å². The number of halogens is 3. The van der Waals surface area contributed by atoms with E-state index in [1.165, 1.54) is 12.1 Å². The molecule has 0 radical (unpaired) electrons. The van der Waals surface area contributed by atoms with Crippen molar-refractivity contribution in [2.75, 3.05) is 20.3 Å². The Bertz CT molecular complexity index is 576. The van der Waals surface area contributed by atoms with E-state index in [2.05, 4.69) is 4.74 Å². The van der Waals surface area contributed by atoms with Gasteiger partial charge in [-0.15, -0.1) is 0 Å². The Kier molecular flexibility index (Phi) is 6.30. The first kappa shape index (κ1) is 17.9. The van der Waals surface area contributed by atoms with Crippen LogP contribution in [-0.2, 0) is 25.2 Å². The summed E-state index contributed by atoms with van der Waals surface area (Å²) in [6, 6.07) is 4.29. The van der Waals surface area contributed by atoms with Gasteiger partial charge in [0.2, 0.25) is 0 Å². The van der Waals surface area contributed by atoms with Crippen LogP contribution >= 0.6 is 0 Å². The molecule has 0 aliphatic carbocycles. The SMILES string of the molecule is CCOCC(=O)C(=Cc1cccc(C(F)(F)F)c1)C(=O)OC. The second-order valence-corrected chi connectivity index (χ2v) is 4.23. The number of ketones is 1. The molecular formula is C15H15F3O4. The monoisotopic (exact) mass is 316 g/mol. The second kappa shape index (κ2) is 7.74. The highest BCUT2D eigenvalue weighted by Gasteiger charge is 2.30. The third kappa shape index (κ3) is 5.00. The van der Waals surface area contributed by atoms with Crippen molar-refractivity contribution in [3.05, 3.63) is 41.0 Å². The van der Waals surface area contributed by atoms with E-state index < -0.39 is 23.5 Å². The first-order valence-electron chi connectivity index (χ1n) is 6.37. The largest absolute Gasteiger partial charge is 0.465 e. The van der Waals surface area contributed by atoms with Crippen LogP contribution in [0, 0.1) is 0 Å². The Morgan fingerprint density at radius 3 is 2.50 bits per heavy atom. The Morgan fingerprint density at radius 2 is 1.95 bits per heavy atom. The number of rotatable bonds is 6. The number of methoxy groups -OCH3 is 1. The lowest BCUT2D eigenvalue weighted by atomic mass is 10.0. The predicted molar refractivity (Wildman–Crippen MR) is 72.9 cm³/mol. The second-order valence-electron chi connectivity index (χ2n) is 4.23. The highest BCUT2D eigenvalue weighted by molar-refractivity contribution is 6.21. The molecule has 0 unspecified atom stereocenters. The van der Waals surface area contributed by atoms with E-state index >= 15 is 0 Å². The fraction of sp³-hybridized carbons (Fsp3) is 0.333. The molecule has 0 amide bonds. The summed E-state index contributed by atoms with van der Waals surface area (Å²) in [4.78, 5) is 23.5. The van der Waals surface area contributed by atoms with E-state index in [9.17, 15) is 22.8 Å². The summed E-state index contributed by atoms with van der Waals surface area (Å²) in [5, 5.41) is 0. The van der Waals surface area contributed by atoms with Crippen molar-refractivity contribution < 1.29 is 32.2 Å². The number of esters is 1. The van der Waals surface area contributed by atoms with Gasteiger partial charge in [0.25, 0.3) is 0 Å². The van der Waals surface area contributed by atoms with E-state index in [-0.39, 0.29) is 24.4 Å². The van der Waals surface area contributed by atoms with Crippen LogP contribution in [0.5, 0.6) is 0 Å². The number of benzene rings is 1. The van der Waals surface area contributed by atoms with Crippen LogP contribution in [0.2, 0.25) is 0 Å². The molecule has 4 nitrogen and oxygen atoms in total. The maximum atomic E-state index is 12.7. The number of carbonyl (C=O) groups is 2. The van der Waals surface area contributed by atoms with Crippen LogP contribution in [0.15, 0.2) is 29.8 Å². The molecular weight excluding hydrogens is 301 g/mol. The molecule has 7 heteroatoms. The standard InChI is InChI=1S/C15H15F3O4/c1-3-22-9-13(19)12(14(20)21-2)8-10-5-4-6-11(7-10)15(16,17)18/h4-8H,3,9H2,1-2H3. The van der Waals surface area contributed by atoms with Crippen LogP contribution in [0.1, 0.15) is 18.1 Å². The average molecular weight is 316 g/mol. The lowest BCUT2D eigenvalue weighted by molar-refractivity contribution is -0.139. The molecule has 0 saturated carbocycles. The first-order chi connectivity index (χ1) is 10.3. The summed E-state index contributed by atoms with van der Waals surface area (Å²) < 4.78 is 47.4. The molecule has 0 aromatic heterocycles. The maximum Gasteiger partial charge on any atom is 0.416 e. The third-order valence-corrected chi connectivity index (χ3v) is 2.67. The number of Topliss-reactive ketones (excluding diaryl/α,β-unsaturated/α-hetero) is 1. The summed E-state index contributed by atoms with van der Waals surface area (Å²) in [6.45, 7) is 1.59. The third-order valence-electron chi connectivity index (χ3n) is 2.67. The fourth-order valence-electron chi connectivity index (χ4n) is 1.61. The molecule has 0 aliphatic rings. The summed E-state index contributed by atoms with van der Waals surface area (Å²) in [7, 11) is 1.08. The Labute approximate surface area is 125 Å². The van der Waals surface area contributed by atoms with Crippen LogP contribution in [0.4, 0.5) is 13.2 Å². The Morgan fingerprint density at radius 1 is 1.27 bits per heavy atom. The molecule has 0 bridgehead atoms. The van der Waals surface area contributed by atoms with Gasteiger partial charge in [0.05, 0.1) is 12.7 Å². The van der Waals surface area contributed by atoms with Crippen LogP contribution in [0.3, 0.4) is 0 Å². The minimum atomic E-state index is -4.51. The van der Waals surface area contributed by atoms with E-state index in [4.69, 9.17) is 4.74 Å². The van der Waals surface area contributed by atoms with Crippen molar-refractivity contribution in [1.82, 2.24) is 0 Å². The van der Waals surface area contributed by atoms with Gasteiger partial charge in [0.1, 0.15) is 12.2 Å². The van der Waals surface area contributed by atoms with Crippen LogP contribution < -0.4 is 0 Å². The average Bonchev–Trinajstić information content (AvgIpc) is 2.49. The summed E-state index contributed by atoms with van der Waals surface area (Å²) in [5.41, 5.74) is -1.17. The van der Waals surface area contributed by atoms with Gasteiger partial charge in [-0.1, -0.05) is 12.1 Å². The zero-order valence-corrected chi connectivity index (χ0v) is 12.1. The van der Waals surface area contributed by atoms with Crippen molar-refractivity contribution in [3.63, 3.8) is 0 Å². The van der Waals surface area contributed by atoms with E-state index in [1.54, 1.807) is 6.92 Å². The fourth-order valence-corrected chi connectivity index (χ4v) is 1.61. The van der Waals surface area contributed by atoms with Gasteiger partial charge < -0.3 is 9.47 Å². The van der Waals surface area contributed by atoms with Gasteiger partial charge in [-0.25, -0.2) is 4.79 Å². The van der Waals surface area contributed by atoms with Gasteiger partial charge in [-0.05, 0) is 30.7 Å². The number of hydrogen-bond acceptors (Lipinski definition) is 4. The van der Waals surface area contributed by atoms with E-state index in [0.29, 0.717) is 0 Å². The topological polar surface area (TPSA) is 52.6 Å². The highest BCUT2D eigenvalue weighted by Crippen LogP contribution is 2.30. The molecule has 0 spiro atoms. The minimum absolute atomic E-state index is 0.0695. The van der Waals surface area contributed by atoms with E-state index in [1.807, 2.05) is 0 Å². The molecule has 1 aromatic rings. The molecule has 0 atom stereocenters. The predicted octanol–water partition coefficient (Wildman–Crippen LogP) is 2.87. The molecule has 0 aliphatic heterocycles. The number of ether oxygens (including phenoxy) is 2. The van der Waals surface area contributed by atoms with Crippen molar-refractivity contribution in [1.29, 1.82) is 0 Å². The highest BCUT2D eigenvalue weighted by atomic mass is 19.4. The van der Waals surface area contributed by atoms with Crippen molar-refractivity contribution in [2.24, 2.45) is 0 Å². The summed E-state index contributed by atoms with van der Waals surface area (Å²) in [5.74, 6) is -1.59. The van der Waals surface area contributed by atoms with Crippen molar-refractivity contribution >= 4 is 17.8 Å². The molecule has 120 valence electrons. The molecule has 1 aromatic carbocycles. The molecule has 0 fully saturated rings. The zero-order chi connectivity index (χ0) is 16.8. The number of carbonyl (C=O) groups excluding carboxylic acids is 2. The zero-order valence-electron chi connectivity index (χ0n) is 12.1. The summed E-state index contributed by atoms with van der Waals surface area (Å²) in [6.07, 6.45) is -3.45. The van der Waals surface area contributed by atoms with E-state index in [0.717, 1.165) is 25.3 Å². The van der Waals surface area contributed by atoms with Gasteiger partial charge in [-0.3, -0.25) is 4.79 Å². The Balaban J connectivity index is 3.17. The quantitative estimate of drug-likeness (QED) is 0.350. The van der Waals surface area contributed by atoms with Gasteiger partial charge in [0, 0.05) is 6.61 Å². The molecule has 1 rings (SSSR count). The molecule has 0 N–H and O–H groups in total. The Hall–Kier alpha value is -2.15. The number of alkyl halides is 3. The van der Waals surface area contributed by atoms with Crippen molar-refractivity contribution in [3.8, 4) is 0 Å². The normalized spacial score (nSPS) is 12.1. The number of hydrogen-bond donors (Lipinski definition) is 0. The van der Waals surface area contributed by atoms with Gasteiger partial charge >= 0.3 is 12.1 Å². The van der Waals surface area contributed by atoms with Crippen LogP contribution in [0.25, 0.3) is 6.08 Å². The van der Waals surface area contributed by atoms with Crippen molar-refractivity contribution in [2.45, 2.75) is 13.1 Å². The maximum absolute atomic E-state index is 12.7. The lowest BCUT2D eigenvalue weighted by Gasteiger charge is -2.08. The smallest absolute Gasteiger partial charge is 0.416 e. The lowest BCUT2D eigenvalue weighted by Crippen LogP contribution is -2.19. The molecule has 0 saturated heterocycles. The molecule has 22 heavy (non-hydrogen) atoms. The first-order valence-corrected chi connectivity index (χ1v) is 6.37.